The van der Waals surface area contributed by atoms with Crippen LogP contribution in [0.1, 0.15) is 18.4 Å². The quantitative estimate of drug-likeness (QED) is 0.689. The Balaban J connectivity index is 2.25. The van der Waals surface area contributed by atoms with Crippen molar-refractivity contribution in [3.63, 3.8) is 0 Å². The standard InChI is InChI=1S/C11H10O3/c12-10-4-2-1-3-8(10)7-9-5-6-11(13)14-9/h1-4,7,12H,5-6H2. The Labute approximate surface area is 81.6 Å². The molecule has 1 aromatic carbocycles. The highest BCUT2D eigenvalue weighted by molar-refractivity contribution is 5.75. The molecule has 3 heteroatoms. The van der Waals surface area contributed by atoms with Gasteiger partial charge in [-0.3, -0.25) is 4.79 Å². The minimum absolute atomic E-state index is 0.197. The van der Waals surface area contributed by atoms with E-state index in [0.29, 0.717) is 24.2 Å². The first kappa shape index (κ1) is 8.81. The zero-order valence-corrected chi connectivity index (χ0v) is 7.56. The minimum Gasteiger partial charge on any atom is -0.507 e. The zero-order chi connectivity index (χ0) is 9.97. The van der Waals surface area contributed by atoms with Crippen molar-refractivity contribution in [3.05, 3.63) is 35.6 Å². The van der Waals surface area contributed by atoms with Crippen molar-refractivity contribution in [1.29, 1.82) is 0 Å². The van der Waals surface area contributed by atoms with E-state index >= 15 is 0 Å². The summed E-state index contributed by atoms with van der Waals surface area (Å²) in [7, 11) is 0. The first-order chi connectivity index (χ1) is 6.75. The number of phenolic OH excluding ortho intramolecular Hbond substituents is 1. The Morgan fingerprint density at radius 3 is 2.71 bits per heavy atom. The van der Waals surface area contributed by atoms with E-state index in [1.165, 1.54) is 0 Å². The average molecular weight is 190 g/mol. The van der Waals surface area contributed by atoms with E-state index in [1.54, 1.807) is 24.3 Å². The van der Waals surface area contributed by atoms with Crippen LogP contribution in [0.15, 0.2) is 30.0 Å². The maximum atomic E-state index is 10.8. The molecule has 0 atom stereocenters. The summed E-state index contributed by atoms with van der Waals surface area (Å²) in [6, 6.07) is 6.94. The Kier molecular flexibility index (Phi) is 2.23. The van der Waals surface area contributed by atoms with Crippen molar-refractivity contribution >= 4 is 12.0 Å². The Hall–Kier alpha value is -1.77. The molecule has 0 aromatic heterocycles. The highest BCUT2D eigenvalue weighted by Crippen LogP contribution is 2.24. The van der Waals surface area contributed by atoms with Crippen LogP contribution in [0.4, 0.5) is 0 Å². The third kappa shape index (κ3) is 1.76. The molecule has 0 saturated carbocycles. The highest BCUT2D eigenvalue weighted by Gasteiger charge is 2.17. The van der Waals surface area contributed by atoms with Crippen molar-refractivity contribution in [3.8, 4) is 5.75 Å². The summed E-state index contributed by atoms with van der Waals surface area (Å²) in [4.78, 5) is 10.8. The molecule has 3 nitrogen and oxygen atoms in total. The molecule has 0 radical (unpaired) electrons. The van der Waals surface area contributed by atoms with Crippen LogP contribution in [-0.4, -0.2) is 11.1 Å². The van der Waals surface area contributed by atoms with Crippen molar-refractivity contribution in [2.45, 2.75) is 12.8 Å². The van der Waals surface area contributed by atoms with Crippen molar-refractivity contribution < 1.29 is 14.6 Å². The molecular formula is C11H10O3. The van der Waals surface area contributed by atoms with Crippen LogP contribution in [0.5, 0.6) is 5.75 Å². The fourth-order valence-electron chi connectivity index (χ4n) is 1.36. The zero-order valence-electron chi connectivity index (χ0n) is 7.56. The molecule has 1 aliphatic heterocycles. The van der Waals surface area contributed by atoms with Gasteiger partial charge in [0.25, 0.3) is 0 Å². The van der Waals surface area contributed by atoms with Gasteiger partial charge in [-0.05, 0) is 12.1 Å². The highest BCUT2D eigenvalue weighted by atomic mass is 16.5. The SMILES string of the molecule is O=C1CCC(=Cc2ccccc2O)O1. The molecule has 0 amide bonds. The van der Waals surface area contributed by atoms with Gasteiger partial charge in [0.15, 0.2) is 0 Å². The fourth-order valence-corrected chi connectivity index (χ4v) is 1.36. The van der Waals surface area contributed by atoms with Gasteiger partial charge in [0.1, 0.15) is 11.5 Å². The molecule has 0 unspecified atom stereocenters. The molecule has 1 aliphatic rings. The Bertz CT molecular complexity index is 393. The second-order valence-electron chi connectivity index (χ2n) is 3.14. The number of carbonyl (C=O) groups excluding carboxylic acids is 1. The van der Waals surface area contributed by atoms with E-state index in [0.717, 1.165) is 0 Å². The topological polar surface area (TPSA) is 46.5 Å². The predicted molar refractivity (Wildman–Crippen MR) is 51.4 cm³/mol. The number of hydrogen-bond acceptors (Lipinski definition) is 3. The smallest absolute Gasteiger partial charge is 0.311 e. The van der Waals surface area contributed by atoms with E-state index in [1.807, 2.05) is 6.07 Å². The molecule has 1 N–H and O–H groups in total. The van der Waals surface area contributed by atoms with Gasteiger partial charge in [0.05, 0.1) is 6.42 Å². The second-order valence-corrected chi connectivity index (χ2v) is 3.14. The van der Waals surface area contributed by atoms with Crippen LogP contribution in [0.25, 0.3) is 6.08 Å². The number of cyclic esters (lactones) is 1. The lowest BCUT2D eigenvalue weighted by molar-refractivity contribution is -0.135. The summed E-state index contributed by atoms with van der Waals surface area (Å²) in [5.41, 5.74) is 0.678. The van der Waals surface area contributed by atoms with Gasteiger partial charge in [-0.25, -0.2) is 0 Å². The number of esters is 1. The lowest BCUT2D eigenvalue weighted by atomic mass is 10.1. The normalized spacial score (nSPS) is 18.6. The molecule has 72 valence electrons. The first-order valence-corrected chi connectivity index (χ1v) is 4.45. The Morgan fingerprint density at radius 2 is 2.07 bits per heavy atom. The third-order valence-corrected chi connectivity index (χ3v) is 2.07. The number of ether oxygens (including phenoxy) is 1. The third-order valence-electron chi connectivity index (χ3n) is 2.07. The van der Waals surface area contributed by atoms with Crippen LogP contribution >= 0.6 is 0 Å². The van der Waals surface area contributed by atoms with Crippen molar-refractivity contribution in [2.24, 2.45) is 0 Å². The summed E-state index contributed by atoms with van der Waals surface area (Å²) >= 11 is 0. The summed E-state index contributed by atoms with van der Waals surface area (Å²) in [6.07, 6.45) is 2.74. The first-order valence-electron chi connectivity index (χ1n) is 4.45. The van der Waals surface area contributed by atoms with Gasteiger partial charge in [0.2, 0.25) is 0 Å². The van der Waals surface area contributed by atoms with Crippen LogP contribution in [0.3, 0.4) is 0 Å². The summed E-state index contributed by atoms with van der Waals surface area (Å²) in [5.74, 6) is 0.617. The molecule has 1 saturated heterocycles. The number of benzene rings is 1. The van der Waals surface area contributed by atoms with Crippen LogP contribution < -0.4 is 0 Å². The molecule has 0 spiro atoms. The van der Waals surface area contributed by atoms with Crippen molar-refractivity contribution in [2.75, 3.05) is 0 Å². The lowest BCUT2D eigenvalue weighted by Gasteiger charge is -1.99. The second kappa shape index (κ2) is 3.54. The fraction of sp³-hybridized carbons (Fsp3) is 0.182. The molecule has 14 heavy (non-hydrogen) atoms. The number of phenols is 1. The van der Waals surface area contributed by atoms with Gasteiger partial charge in [-0.15, -0.1) is 0 Å². The summed E-state index contributed by atoms with van der Waals surface area (Å²) in [6.45, 7) is 0. The van der Waals surface area contributed by atoms with Gasteiger partial charge in [0, 0.05) is 12.0 Å². The van der Waals surface area contributed by atoms with Crippen LogP contribution in [0, 0.1) is 0 Å². The minimum atomic E-state index is -0.202. The molecular weight excluding hydrogens is 180 g/mol. The number of carbonyl (C=O) groups is 1. The van der Waals surface area contributed by atoms with E-state index in [4.69, 9.17) is 4.74 Å². The van der Waals surface area contributed by atoms with Gasteiger partial charge in [-0.1, -0.05) is 18.2 Å². The van der Waals surface area contributed by atoms with E-state index < -0.39 is 0 Å². The molecule has 0 bridgehead atoms. The van der Waals surface area contributed by atoms with E-state index in [-0.39, 0.29) is 11.7 Å². The number of rotatable bonds is 1. The predicted octanol–water partition coefficient (Wildman–Crippen LogP) is 2.07. The summed E-state index contributed by atoms with van der Waals surface area (Å²) < 4.78 is 4.93. The molecule has 1 fully saturated rings. The number of para-hydroxylation sites is 1. The molecule has 0 aliphatic carbocycles. The van der Waals surface area contributed by atoms with E-state index in [2.05, 4.69) is 0 Å². The molecule has 2 rings (SSSR count). The largest absolute Gasteiger partial charge is 0.507 e. The number of aromatic hydroxyl groups is 1. The molecule has 1 aromatic rings. The van der Waals surface area contributed by atoms with Gasteiger partial charge < -0.3 is 9.84 Å². The lowest BCUT2D eigenvalue weighted by Crippen LogP contribution is -1.89. The van der Waals surface area contributed by atoms with Crippen LogP contribution in [0.2, 0.25) is 0 Å². The van der Waals surface area contributed by atoms with Gasteiger partial charge in [-0.2, -0.15) is 0 Å². The number of hydrogen-bond donors (Lipinski definition) is 1. The van der Waals surface area contributed by atoms with Gasteiger partial charge >= 0.3 is 5.97 Å². The van der Waals surface area contributed by atoms with Crippen LogP contribution in [-0.2, 0) is 9.53 Å². The van der Waals surface area contributed by atoms with E-state index in [9.17, 15) is 9.90 Å². The maximum Gasteiger partial charge on any atom is 0.311 e. The Morgan fingerprint density at radius 1 is 1.29 bits per heavy atom. The average Bonchev–Trinajstić information content (AvgIpc) is 2.56. The molecule has 1 heterocycles. The number of allylic oxidation sites excluding steroid dienone is 1. The monoisotopic (exact) mass is 190 g/mol. The maximum absolute atomic E-state index is 10.8. The summed E-state index contributed by atoms with van der Waals surface area (Å²) in [5, 5.41) is 9.45. The van der Waals surface area contributed by atoms with Crippen molar-refractivity contribution in [1.82, 2.24) is 0 Å².